The highest BCUT2D eigenvalue weighted by Gasteiger charge is 2.71. The highest BCUT2D eigenvalue weighted by Crippen LogP contribution is 2.69. The molecule has 3 radical (unpaired) electrons. The second kappa shape index (κ2) is 11.5. The van der Waals surface area contributed by atoms with Gasteiger partial charge in [-0.25, -0.2) is 0 Å². The van der Waals surface area contributed by atoms with Crippen LogP contribution in [0.3, 0.4) is 0 Å². The Morgan fingerprint density at radius 1 is 1.24 bits per heavy atom. The van der Waals surface area contributed by atoms with Crippen LogP contribution in [0.2, 0.25) is 5.31 Å². The number of nitrogens with zero attached hydrogens (tertiary/aromatic N) is 1. The molecular formula is C22H36B2N5O5. The molecule has 2 saturated heterocycles. The molecule has 185 valence electrons. The quantitative estimate of drug-likeness (QED) is 0.0582. The molecule has 0 aromatic rings. The summed E-state index contributed by atoms with van der Waals surface area (Å²) in [6.07, 6.45) is 6.00. The zero-order chi connectivity index (χ0) is 24.8. The lowest BCUT2D eigenvalue weighted by molar-refractivity contribution is -0.148. The van der Waals surface area contributed by atoms with E-state index in [0.29, 0.717) is 50.1 Å². The van der Waals surface area contributed by atoms with E-state index < -0.39 is 11.4 Å². The van der Waals surface area contributed by atoms with Crippen molar-refractivity contribution in [2.24, 2.45) is 28.5 Å². The minimum absolute atomic E-state index is 0.0401. The smallest absolute Gasteiger partial charge is 0.323 e. The largest absolute Gasteiger partial charge is 0.466 e. The standard InChI is InChI=1S/C22H36B2N5O5/c1-2-33-19(31)7-6-18(30)27-10-3-11-34-20(32)16-13-15-12-14(4-5-17(25)29-26)8-9-21(15)22(23,24-21)28-16/h14-16,28H,2-13,26H2,1H3,(H2,25,29)(H,27,30). The lowest BCUT2D eigenvalue weighted by Gasteiger charge is -2.47. The van der Waals surface area contributed by atoms with Crippen molar-refractivity contribution in [3.63, 3.8) is 0 Å². The maximum absolute atomic E-state index is 12.7. The number of piperidine rings is 1. The molecule has 0 aromatic carbocycles. The Kier molecular flexibility index (Phi) is 8.89. The molecule has 1 spiro atoms. The van der Waals surface area contributed by atoms with Gasteiger partial charge in [0.15, 0.2) is 0 Å². The van der Waals surface area contributed by atoms with Crippen LogP contribution in [-0.4, -0.2) is 69.9 Å². The van der Waals surface area contributed by atoms with E-state index >= 15 is 0 Å². The summed E-state index contributed by atoms with van der Waals surface area (Å²) >= 11 is 0. The van der Waals surface area contributed by atoms with Gasteiger partial charge in [0.05, 0.1) is 27.5 Å². The summed E-state index contributed by atoms with van der Waals surface area (Å²) in [6.45, 7) is 2.58. The summed E-state index contributed by atoms with van der Waals surface area (Å²) in [4.78, 5) is 35.8. The normalized spacial score (nSPS) is 31.9. The molecule has 10 nitrogen and oxygen atoms in total. The van der Waals surface area contributed by atoms with Crippen molar-refractivity contribution in [3.8, 4) is 0 Å². The predicted molar refractivity (Wildman–Crippen MR) is 129 cm³/mol. The van der Waals surface area contributed by atoms with Crippen LogP contribution in [0, 0.1) is 11.8 Å². The van der Waals surface area contributed by atoms with E-state index in [1.54, 1.807) is 6.92 Å². The Bertz CT molecular complexity index is 800. The molecule has 3 rings (SSSR count). The molecule has 1 saturated carbocycles. The van der Waals surface area contributed by atoms with E-state index in [-0.39, 0.29) is 42.6 Å². The monoisotopic (exact) mass is 472 g/mol. The Morgan fingerprint density at radius 2 is 2.03 bits per heavy atom. The third-order valence-electron chi connectivity index (χ3n) is 7.43. The minimum atomic E-state index is -0.616. The molecule has 2 aliphatic heterocycles. The lowest BCUT2D eigenvalue weighted by atomic mass is 9.60. The molecule has 1 aliphatic carbocycles. The minimum Gasteiger partial charge on any atom is -0.466 e. The maximum atomic E-state index is 12.7. The number of carbonyl (C=O) groups is 3. The number of hydrogen-bond acceptors (Lipinski definition) is 8. The number of nitrogens with two attached hydrogens (primary N) is 2. The first-order chi connectivity index (χ1) is 16.2. The van der Waals surface area contributed by atoms with Crippen molar-refractivity contribution in [1.29, 1.82) is 0 Å². The van der Waals surface area contributed by atoms with Gasteiger partial charge >= 0.3 is 11.9 Å². The lowest BCUT2D eigenvalue weighted by Crippen LogP contribution is -2.55. The number of rotatable bonds is 12. The Labute approximate surface area is 203 Å². The number of hydrazone groups is 1. The molecule has 0 bridgehead atoms. The fraction of sp³-hybridized carbons (Fsp3) is 0.818. The maximum Gasteiger partial charge on any atom is 0.323 e. The summed E-state index contributed by atoms with van der Waals surface area (Å²) < 4.78 is 10.3. The van der Waals surface area contributed by atoms with Crippen molar-refractivity contribution in [2.45, 2.75) is 81.4 Å². The fourth-order valence-corrected chi connectivity index (χ4v) is 5.54. The van der Waals surface area contributed by atoms with E-state index in [1.807, 2.05) is 0 Å². The van der Waals surface area contributed by atoms with E-state index in [0.717, 1.165) is 25.7 Å². The van der Waals surface area contributed by atoms with Crippen molar-refractivity contribution in [1.82, 2.24) is 10.6 Å². The summed E-state index contributed by atoms with van der Waals surface area (Å²) in [7, 11) is 8.74. The molecule has 5 unspecified atom stereocenters. The third kappa shape index (κ3) is 6.25. The van der Waals surface area contributed by atoms with Gasteiger partial charge in [0.25, 0.3) is 0 Å². The van der Waals surface area contributed by atoms with Crippen LogP contribution in [0.25, 0.3) is 0 Å². The van der Waals surface area contributed by atoms with E-state index in [2.05, 4.69) is 23.0 Å². The average molecular weight is 472 g/mol. The van der Waals surface area contributed by atoms with Gasteiger partial charge in [-0.2, -0.15) is 5.10 Å². The van der Waals surface area contributed by atoms with Crippen molar-refractivity contribution < 1.29 is 23.9 Å². The predicted octanol–water partition coefficient (Wildman–Crippen LogP) is -0.133. The first-order valence-corrected chi connectivity index (χ1v) is 12.3. The van der Waals surface area contributed by atoms with Gasteiger partial charge in [0, 0.05) is 19.4 Å². The Balaban J connectivity index is 1.37. The molecule has 1 amide bonds. The van der Waals surface area contributed by atoms with Gasteiger partial charge in [-0.05, 0) is 49.8 Å². The topological polar surface area (TPSA) is 158 Å². The number of hydrogen-bond donors (Lipinski definition) is 4. The number of amidine groups is 1. The third-order valence-corrected chi connectivity index (χ3v) is 7.43. The fourth-order valence-electron chi connectivity index (χ4n) is 5.54. The summed E-state index contributed by atoms with van der Waals surface area (Å²) in [6, 6.07) is -0.449. The zero-order valence-electron chi connectivity index (χ0n) is 20.0. The molecule has 3 fully saturated rings. The highest BCUT2D eigenvalue weighted by molar-refractivity contribution is 6.72. The SMILES string of the molecule is [B]C12[B]C13CCC(CC/C(N)=N/N)CC3CC(C(=O)OCCCNC(=O)CCC(=O)OCC)N2. The first-order valence-electron chi connectivity index (χ1n) is 12.3. The van der Waals surface area contributed by atoms with Crippen LogP contribution >= 0.6 is 0 Å². The molecule has 2 heterocycles. The number of esters is 2. The molecule has 34 heavy (non-hydrogen) atoms. The molecule has 6 N–H and O–H groups in total. The van der Waals surface area contributed by atoms with E-state index in [1.165, 1.54) is 0 Å². The molecule has 3 aliphatic rings. The van der Waals surface area contributed by atoms with Crippen LogP contribution < -0.4 is 22.2 Å². The van der Waals surface area contributed by atoms with Gasteiger partial charge in [-0.15, -0.1) is 0 Å². The van der Waals surface area contributed by atoms with Crippen LogP contribution in [0.5, 0.6) is 0 Å². The summed E-state index contributed by atoms with van der Waals surface area (Å²) in [5, 5.41) is 8.92. The molecular weight excluding hydrogens is 436 g/mol. The van der Waals surface area contributed by atoms with Crippen LogP contribution in [0.4, 0.5) is 0 Å². The number of nitrogens with one attached hydrogen (secondary N) is 2. The van der Waals surface area contributed by atoms with Crippen LogP contribution in [-0.2, 0) is 23.9 Å². The van der Waals surface area contributed by atoms with E-state index in [9.17, 15) is 14.4 Å². The number of amides is 1. The second-order valence-electron chi connectivity index (χ2n) is 9.66. The summed E-state index contributed by atoms with van der Waals surface area (Å²) in [5.74, 6) is 5.61. The Morgan fingerprint density at radius 3 is 2.76 bits per heavy atom. The zero-order valence-corrected chi connectivity index (χ0v) is 20.0. The molecule has 5 atom stereocenters. The van der Waals surface area contributed by atoms with Gasteiger partial charge in [-0.1, -0.05) is 18.2 Å². The van der Waals surface area contributed by atoms with Crippen molar-refractivity contribution >= 4 is 38.8 Å². The first kappa shape index (κ1) is 26.4. The van der Waals surface area contributed by atoms with Gasteiger partial charge < -0.3 is 31.7 Å². The van der Waals surface area contributed by atoms with Gasteiger partial charge in [0.1, 0.15) is 19.2 Å². The van der Waals surface area contributed by atoms with Crippen molar-refractivity contribution in [2.75, 3.05) is 19.8 Å². The second-order valence-corrected chi connectivity index (χ2v) is 9.66. The number of ether oxygens (including phenoxy) is 2. The summed E-state index contributed by atoms with van der Waals surface area (Å²) in [5.41, 5.74) is 5.75. The van der Waals surface area contributed by atoms with E-state index in [4.69, 9.17) is 28.9 Å². The van der Waals surface area contributed by atoms with Crippen LogP contribution in [0.1, 0.15) is 64.7 Å². The number of carbonyl (C=O) groups excluding carboxylic acids is 3. The average Bonchev–Trinajstić information content (AvgIpc) is 3.44. The van der Waals surface area contributed by atoms with Gasteiger partial charge in [0.2, 0.25) is 5.91 Å². The molecule has 12 heteroatoms. The highest BCUT2D eigenvalue weighted by atomic mass is 16.5. The van der Waals surface area contributed by atoms with Gasteiger partial charge in [-0.3, -0.25) is 14.4 Å². The molecule has 0 aromatic heterocycles. The van der Waals surface area contributed by atoms with Crippen LogP contribution in [0.15, 0.2) is 5.10 Å². The Hall–Kier alpha value is -2.23. The van der Waals surface area contributed by atoms with Crippen molar-refractivity contribution in [3.05, 3.63) is 0 Å².